The highest BCUT2D eigenvalue weighted by molar-refractivity contribution is 6.33. The SMILES string of the molecule is Nc1ccc(NC(=O)NCOc2ccccc2)cc1Cl. The molecule has 0 aliphatic heterocycles. The Morgan fingerprint density at radius 3 is 2.65 bits per heavy atom. The van der Waals surface area contributed by atoms with Crippen LogP contribution in [0.2, 0.25) is 5.02 Å². The Labute approximate surface area is 121 Å². The molecule has 0 saturated heterocycles. The number of carbonyl (C=O) groups excluding carboxylic acids is 1. The number of nitrogens with one attached hydrogen (secondary N) is 2. The molecule has 0 saturated carbocycles. The van der Waals surface area contributed by atoms with Gasteiger partial charge in [0.25, 0.3) is 0 Å². The monoisotopic (exact) mass is 291 g/mol. The van der Waals surface area contributed by atoms with Gasteiger partial charge in [-0.15, -0.1) is 0 Å². The zero-order valence-corrected chi connectivity index (χ0v) is 11.4. The van der Waals surface area contributed by atoms with Crippen molar-refractivity contribution in [2.75, 3.05) is 17.8 Å². The molecule has 0 radical (unpaired) electrons. The van der Waals surface area contributed by atoms with Crippen LogP contribution in [0.5, 0.6) is 5.75 Å². The van der Waals surface area contributed by atoms with Gasteiger partial charge in [-0.25, -0.2) is 4.79 Å². The molecule has 6 heteroatoms. The minimum Gasteiger partial charge on any atom is -0.473 e. The number of halogens is 1. The van der Waals surface area contributed by atoms with Gasteiger partial charge in [0.15, 0.2) is 6.73 Å². The molecule has 4 N–H and O–H groups in total. The van der Waals surface area contributed by atoms with E-state index in [9.17, 15) is 4.79 Å². The Balaban J connectivity index is 1.79. The highest BCUT2D eigenvalue weighted by Gasteiger charge is 2.03. The Morgan fingerprint density at radius 1 is 1.20 bits per heavy atom. The van der Waals surface area contributed by atoms with Gasteiger partial charge in [0.2, 0.25) is 0 Å². The van der Waals surface area contributed by atoms with Crippen molar-refractivity contribution >= 4 is 29.0 Å². The topological polar surface area (TPSA) is 76.4 Å². The van der Waals surface area contributed by atoms with Crippen molar-refractivity contribution in [3.63, 3.8) is 0 Å². The van der Waals surface area contributed by atoms with Crippen LogP contribution in [0.4, 0.5) is 16.2 Å². The van der Waals surface area contributed by atoms with Gasteiger partial charge < -0.3 is 21.1 Å². The number of carbonyl (C=O) groups is 1. The van der Waals surface area contributed by atoms with Gasteiger partial charge >= 0.3 is 6.03 Å². The average Bonchev–Trinajstić information content (AvgIpc) is 2.44. The number of urea groups is 1. The molecule has 0 fully saturated rings. The summed E-state index contributed by atoms with van der Waals surface area (Å²) in [5.74, 6) is 0.684. The lowest BCUT2D eigenvalue weighted by Crippen LogP contribution is -2.32. The maximum atomic E-state index is 11.6. The van der Waals surface area contributed by atoms with Crippen LogP contribution < -0.4 is 21.1 Å². The number of ether oxygens (including phenoxy) is 1. The third kappa shape index (κ3) is 4.07. The van der Waals surface area contributed by atoms with Crippen molar-refractivity contribution in [2.45, 2.75) is 0 Å². The number of rotatable bonds is 4. The molecule has 0 bridgehead atoms. The van der Waals surface area contributed by atoms with Crippen LogP contribution in [-0.4, -0.2) is 12.8 Å². The van der Waals surface area contributed by atoms with Gasteiger partial charge in [-0.3, -0.25) is 0 Å². The van der Waals surface area contributed by atoms with Crippen LogP contribution in [-0.2, 0) is 0 Å². The van der Waals surface area contributed by atoms with E-state index in [4.69, 9.17) is 22.1 Å². The molecule has 0 unspecified atom stereocenters. The van der Waals surface area contributed by atoms with E-state index >= 15 is 0 Å². The number of benzene rings is 2. The highest BCUT2D eigenvalue weighted by Crippen LogP contribution is 2.22. The summed E-state index contributed by atoms with van der Waals surface area (Å²) in [6.07, 6.45) is 0. The van der Waals surface area contributed by atoms with Crippen LogP contribution in [0.15, 0.2) is 48.5 Å². The van der Waals surface area contributed by atoms with Gasteiger partial charge in [-0.1, -0.05) is 29.8 Å². The summed E-state index contributed by atoms with van der Waals surface area (Å²) in [5, 5.41) is 5.59. The number of hydrogen-bond donors (Lipinski definition) is 3. The number of anilines is 2. The molecule has 2 aromatic carbocycles. The van der Waals surface area contributed by atoms with E-state index in [0.717, 1.165) is 0 Å². The molecule has 0 aliphatic rings. The molecule has 0 atom stereocenters. The Morgan fingerprint density at radius 2 is 1.95 bits per heavy atom. The van der Waals surface area contributed by atoms with E-state index in [0.29, 0.717) is 22.1 Å². The smallest absolute Gasteiger partial charge is 0.321 e. The average molecular weight is 292 g/mol. The summed E-state index contributed by atoms with van der Waals surface area (Å²) < 4.78 is 5.34. The standard InChI is InChI=1S/C14H14ClN3O2/c15-12-8-10(6-7-13(12)16)18-14(19)17-9-20-11-4-2-1-3-5-11/h1-8H,9,16H2,(H2,17,18,19). The molecular weight excluding hydrogens is 278 g/mol. The maximum absolute atomic E-state index is 11.6. The molecule has 0 aromatic heterocycles. The quantitative estimate of drug-likeness (QED) is 0.598. The summed E-state index contributed by atoms with van der Waals surface area (Å²) in [7, 11) is 0. The Kier molecular flexibility index (Phi) is 4.68. The lowest BCUT2D eigenvalue weighted by Gasteiger charge is -2.10. The molecule has 0 heterocycles. The fourth-order valence-corrected chi connectivity index (χ4v) is 1.66. The van der Waals surface area contributed by atoms with Crippen molar-refractivity contribution in [1.29, 1.82) is 0 Å². The molecule has 0 spiro atoms. The van der Waals surface area contributed by atoms with E-state index < -0.39 is 0 Å². The van der Waals surface area contributed by atoms with E-state index in [1.54, 1.807) is 30.3 Å². The van der Waals surface area contributed by atoms with E-state index in [2.05, 4.69) is 10.6 Å². The highest BCUT2D eigenvalue weighted by atomic mass is 35.5. The van der Waals surface area contributed by atoms with Gasteiger partial charge in [0.05, 0.1) is 10.7 Å². The zero-order valence-electron chi connectivity index (χ0n) is 10.6. The minimum absolute atomic E-state index is 0.0680. The minimum atomic E-state index is -0.387. The van der Waals surface area contributed by atoms with Crippen molar-refractivity contribution in [1.82, 2.24) is 5.32 Å². The van der Waals surface area contributed by atoms with Gasteiger partial charge in [-0.2, -0.15) is 0 Å². The molecule has 20 heavy (non-hydrogen) atoms. The van der Waals surface area contributed by atoms with Crippen LogP contribution in [0, 0.1) is 0 Å². The van der Waals surface area contributed by atoms with Crippen LogP contribution >= 0.6 is 11.6 Å². The van der Waals surface area contributed by atoms with Crippen LogP contribution in [0.1, 0.15) is 0 Å². The predicted molar refractivity (Wildman–Crippen MR) is 80.0 cm³/mol. The number of nitrogen functional groups attached to an aromatic ring is 1. The van der Waals surface area contributed by atoms with Crippen LogP contribution in [0.3, 0.4) is 0 Å². The number of hydrogen-bond acceptors (Lipinski definition) is 3. The fourth-order valence-electron chi connectivity index (χ4n) is 1.48. The largest absolute Gasteiger partial charge is 0.473 e. The lowest BCUT2D eigenvalue weighted by molar-refractivity contribution is 0.234. The first kappa shape index (κ1) is 14.0. The number of amides is 2. The maximum Gasteiger partial charge on any atom is 0.321 e. The van der Waals surface area contributed by atoms with Crippen molar-refractivity contribution in [3.8, 4) is 5.75 Å². The van der Waals surface area contributed by atoms with E-state index in [1.165, 1.54) is 0 Å². The van der Waals surface area contributed by atoms with Crippen molar-refractivity contribution < 1.29 is 9.53 Å². The first-order valence-corrected chi connectivity index (χ1v) is 6.30. The normalized spacial score (nSPS) is 9.85. The predicted octanol–water partition coefficient (Wildman–Crippen LogP) is 3.08. The number of para-hydroxylation sites is 1. The van der Waals surface area contributed by atoms with E-state index in [-0.39, 0.29) is 12.8 Å². The van der Waals surface area contributed by atoms with Crippen molar-refractivity contribution in [2.24, 2.45) is 0 Å². The van der Waals surface area contributed by atoms with E-state index in [1.807, 2.05) is 18.2 Å². The zero-order chi connectivity index (χ0) is 14.4. The molecule has 2 rings (SSSR count). The van der Waals surface area contributed by atoms with Gasteiger partial charge in [-0.05, 0) is 30.3 Å². The lowest BCUT2D eigenvalue weighted by atomic mass is 10.3. The second-order valence-corrected chi connectivity index (χ2v) is 4.38. The summed E-state index contributed by atoms with van der Waals surface area (Å²) in [4.78, 5) is 11.6. The molecule has 2 amide bonds. The molecule has 2 aromatic rings. The summed E-state index contributed by atoms with van der Waals surface area (Å²) in [5.41, 5.74) is 6.60. The third-order valence-electron chi connectivity index (χ3n) is 2.47. The Bertz CT molecular complexity index is 590. The molecule has 0 aliphatic carbocycles. The second-order valence-electron chi connectivity index (χ2n) is 3.97. The molecule has 5 nitrogen and oxygen atoms in total. The first-order valence-electron chi connectivity index (χ1n) is 5.93. The summed E-state index contributed by atoms with van der Waals surface area (Å²) in [6, 6.07) is 13.7. The van der Waals surface area contributed by atoms with Crippen LogP contribution in [0.25, 0.3) is 0 Å². The van der Waals surface area contributed by atoms with Gasteiger partial charge in [0, 0.05) is 5.69 Å². The summed E-state index contributed by atoms with van der Waals surface area (Å²) in [6.45, 7) is 0.0680. The fraction of sp³-hybridized carbons (Fsp3) is 0.0714. The Hall–Kier alpha value is -2.40. The van der Waals surface area contributed by atoms with Crippen molar-refractivity contribution in [3.05, 3.63) is 53.6 Å². The number of nitrogens with two attached hydrogens (primary N) is 1. The second kappa shape index (κ2) is 6.68. The first-order chi connectivity index (χ1) is 9.65. The van der Waals surface area contributed by atoms with Gasteiger partial charge in [0.1, 0.15) is 5.75 Å². The summed E-state index contributed by atoms with van der Waals surface area (Å²) >= 11 is 5.86. The molecular formula is C14H14ClN3O2. The molecule has 104 valence electrons. The third-order valence-corrected chi connectivity index (χ3v) is 2.80.